The van der Waals surface area contributed by atoms with Crippen molar-refractivity contribution in [1.29, 1.82) is 0 Å². The number of carbonyl (C=O) groups is 1. The summed E-state index contributed by atoms with van der Waals surface area (Å²) in [6.07, 6.45) is 0. The minimum Gasteiger partial charge on any atom is -0.367 e. The molecule has 3 N–H and O–H groups in total. The Bertz CT molecular complexity index is 969. The zero-order valence-electron chi connectivity index (χ0n) is 16.0. The van der Waals surface area contributed by atoms with Crippen LogP contribution in [-0.4, -0.2) is 39.1 Å². The fraction of sp³-hybridized carbons (Fsp3) is 0.263. The number of urea groups is 1. The monoisotopic (exact) mass is 383 g/mol. The molecule has 2 aromatic heterocycles. The molecule has 0 saturated heterocycles. The second-order valence-electron chi connectivity index (χ2n) is 6.30. The van der Waals surface area contributed by atoms with Crippen LogP contribution in [0.5, 0.6) is 0 Å². The lowest BCUT2D eigenvalue weighted by Crippen LogP contribution is -2.32. The summed E-state index contributed by atoms with van der Waals surface area (Å²) in [4.78, 5) is 11.8. The molecule has 0 unspecified atom stereocenters. The number of halogens is 1. The van der Waals surface area contributed by atoms with Gasteiger partial charge in [0.1, 0.15) is 11.6 Å². The number of nitrogens with zero attached hydrogens (tertiary/aromatic N) is 4. The number of nitrogens with one attached hydrogen (secondary N) is 3. The zero-order valence-corrected chi connectivity index (χ0v) is 16.0. The van der Waals surface area contributed by atoms with Crippen molar-refractivity contribution in [2.45, 2.75) is 20.8 Å². The van der Waals surface area contributed by atoms with Gasteiger partial charge in [-0.2, -0.15) is 5.10 Å². The van der Waals surface area contributed by atoms with E-state index in [1.54, 1.807) is 16.8 Å². The van der Waals surface area contributed by atoms with Gasteiger partial charge in [-0.15, -0.1) is 10.2 Å². The van der Waals surface area contributed by atoms with E-state index >= 15 is 0 Å². The van der Waals surface area contributed by atoms with E-state index in [1.165, 1.54) is 18.2 Å². The molecular weight excluding hydrogens is 361 g/mol. The summed E-state index contributed by atoms with van der Waals surface area (Å²) in [5, 5.41) is 21.1. The molecule has 2 heterocycles. The summed E-state index contributed by atoms with van der Waals surface area (Å²) in [5.74, 6) is 0.832. The lowest BCUT2D eigenvalue weighted by Gasteiger charge is -2.09. The summed E-state index contributed by atoms with van der Waals surface area (Å²) in [7, 11) is 0. The van der Waals surface area contributed by atoms with E-state index in [-0.39, 0.29) is 0 Å². The third-order valence-corrected chi connectivity index (χ3v) is 4.32. The number of benzene rings is 1. The van der Waals surface area contributed by atoms with Crippen molar-refractivity contribution >= 4 is 17.5 Å². The molecule has 28 heavy (non-hydrogen) atoms. The SMILES string of the molecule is Cc1nn(-c2ccc(NCCNC(=O)Nc3cccc(F)c3)nn2)c(C)c1C. The maximum atomic E-state index is 13.1. The highest BCUT2D eigenvalue weighted by Crippen LogP contribution is 2.15. The van der Waals surface area contributed by atoms with Crippen LogP contribution in [0.3, 0.4) is 0 Å². The number of hydrogen-bond acceptors (Lipinski definition) is 5. The van der Waals surface area contributed by atoms with Gasteiger partial charge in [-0.3, -0.25) is 0 Å². The zero-order chi connectivity index (χ0) is 20.1. The minimum atomic E-state index is -0.409. The standard InChI is InChI=1S/C19H22FN7O/c1-12-13(2)26-27(14(12)3)18-8-7-17(24-25-18)21-9-10-22-19(28)23-16-6-4-5-15(20)11-16/h4-8,11H,9-10H2,1-3H3,(H,21,24)(H2,22,23,28). The number of rotatable bonds is 6. The molecule has 0 aliphatic rings. The van der Waals surface area contributed by atoms with Crippen molar-refractivity contribution < 1.29 is 9.18 Å². The van der Waals surface area contributed by atoms with E-state index < -0.39 is 11.8 Å². The average Bonchev–Trinajstić information content (AvgIpc) is 2.93. The summed E-state index contributed by atoms with van der Waals surface area (Å²) >= 11 is 0. The summed E-state index contributed by atoms with van der Waals surface area (Å²) in [5.41, 5.74) is 3.52. The third-order valence-electron chi connectivity index (χ3n) is 4.32. The molecule has 9 heteroatoms. The molecule has 0 atom stereocenters. The van der Waals surface area contributed by atoms with E-state index in [2.05, 4.69) is 31.2 Å². The molecule has 3 aromatic rings. The van der Waals surface area contributed by atoms with Gasteiger partial charge in [0.05, 0.1) is 5.69 Å². The first-order valence-corrected chi connectivity index (χ1v) is 8.85. The Morgan fingerprint density at radius 1 is 1.11 bits per heavy atom. The van der Waals surface area contributed by atoms with Gasteiger partial charge >= 0.3 is 6.03 Å². The molecule has 0 fully saturated rings. The first-order valence-electron chi connectivity index (χ1n) is 8.85. The summed E-state index contributed by atoms with van der Waals surface area (Å²) in [6, 6.07) is 8.94. The van der Waals surface area contributed by atoms with Crippen LogP contribution in [-0.2, 0) is 0 Å². The predicted molar refractivity (Wildman–Crippen MR) is 105 cm³/mol. The lowest BCUT2D eigenvalue weighted by molar-refractivity contribution is 0.252. The molecular formula is C19H22FN7O. The van der Waals surface area contributed by atoms with Crippen LogP contribution in [0.1, 0.15) is 17.0 Å². The molecule has 0 saturated carbocycles. The fourth-order valence-corrected chi connectivity index (χ4v) is 2.58. The van der Waals surface area contributed by atoms with Crippen molar-refractivity contribution in [2.75, 3.05) is 23.7 Å². The first-order chi connectivity index (χ1) is 13.4. The number of anilines is 2. The van der Waals surface area contributed by atoms with Crippen LogP contribution in [0.2, 0.25) is 0 Å². The number of aryl methyl sites for hydroxylation is 1. The molecule has 2 amide bonds. The van der Waals surface area contributed by atoms with Crippen molar-refractivity contribution in [1.82, 2.24) is 25.3 Å². The number of hydrogen-bond donors (Lipinski definition) is 3. The van der Waals surface area contributed by atoms with Crippen LogP contribution in [0.15, 0.2) is 36.4 Å². The Kier molecular flexibility index (Phi) is 5.83. The van der Waals surface area contributed by atoms with Gasteiger partial charge in [0.2, 0.25) is 0 Å². The third kappa shape index (κ3) is 4.61. The second-order valence-corrected chi connectivity index (χ2v) is 6.30. The molecule has 3 rings (SSSR count). The van der Waals surface area contributed by atoms with Crippen molar-refractivity contribution in [3.63, 3.8) is 0 Å². The predicted octanol–water partition coefficient (Wildman–Crippen LogP) is 2.96. The summed E-state index contributed by atoms with van der Waals surface area (Å²) < 4.78 is 14.9. The van der Waals surface area contributed by atoms with Gasteiger partial charge in [-0.05, 0) is 56.7 Å². The molecule has 0 aliphatic carbocycles. The van der Waals surface area contributed by atoms with Crippen LogP contribution in [0, 0.1) is 26.6 Å². The van der Waals surface area contributed by atoms with E-state index in [9.17, 15) is 9.18 Å². The number of amides is 2. The maximum Gasteiger partial charge on any atom is 0.319 e. The van der Waals surface area contributed by atoms with Crippen molar-refractivity contribution in [3.05, 3.63) is 59.2 Å². The number of carbonyl (C=O) groups excluding carboxylic acids is 1. The highest BCUT2D eigenvalue weighted by molar-refractivity contribution is 5.89. The highest BCUT2D eigenvalue weighted by atomic mass is 19.1. The minimum absolute atomic E-state index is 0.362. The van der Waals surface area contributed by atoms with Gasteiger partial charge in [0.15, 0.2) is 5.82 Å². The quantitative estimate of drug-likeness (QED) is 0.569. The van der Waals surface area contributed by atoms with Crippen molar-refractivity contribution in [3.8, 4) is 5.82 Å². The molecule has 0 bridgehead atoms. The van der Waals surface area contributed by atoms with Gasteiger partial charge in [-0.25, -0.2) is 13.9 Å². The maximum absolute atomic E-state index is 13.1. The normalized spacial score (nSPS) is 10.6. The van der Waals surface area contributed by atoms with E-state index in [4.69, 9.17) is 0 Å². The van der Waals surface area contributed by atoms with Gasteiger partial charge in [-0.1, -0.05) is 6.07 Å². The van der Waals surface area contributed by atoms with Crippen LogP contribution in [0.4, 0.5) is 20.7 Å². The number of aromatic nitrogens is 4. The lowest BCUT2D eigenvalue weighted by atomic mass is 10.2. The van der Waals surface area contributed by atoms with Crippen LogP contribution < -0.4 is 16.0 Å². The molecule has 0 spiro atoms. The Labute approximate surface area is 162 Å². The molecule has 8 nitrogen and oxygen atoms in total. The Morgan fingerprint density at radius 3 is 2.57 bits per heavy atom. The molecule has 0 radical (unpaired) electrons. The fourth-order valence-electron chi connectivity index (χ4n) is 2.58. The van der Waals surface area contributed by atoms with Crippen LogP contribution in [0.25, 0.3) is 5.82 Å². The smallest absolute Gasteiger partial charge is 0.319 e. The van der Waals surface area contributed by atoms with E-state index in [1.807, 2.05) is 26.8 Å². The van der Waals surface area contributed by atoms with Gasteiger partial charge < -0.3 is 16.0 Å². The first kappa shape index (κ1) is 19.3. The molecule has 146 valence electrons. The van der Waals surface area contributed by atoms with E-state index in [0.717, 1.165) is 17.0 Å². The van der Waals surface area contributed by atoms with Gasteiger partial charge in [0, 0.05) is 24.5 Å². The highest BCUT2D eigenvalue weighted by Gasteiger charge is 2.10. The second kappa shape index (κ2) is 8.47. The van der Waals surface area contributed by atoms with E-state index in [0.29, 0.717) is 30.4 Å². The molecule has 1 aromatic carbocycles. The Hall–Kier alpha value is -3.49. The Morgan fingerprint density at radius 2 is 1.93 bits per heavy atom. The largest absolute Gasteiger partial charge is 0.367 e. The van der Waals surface area contributed by atoms with Crippen LogP contribution >= 0.6 is 0 Å². The summed E-state index contributed by atoms with van der Waals surface area (Å²) in [6.45, 7) is 6.79. The molecule has 0 aliphatic heterocycles. The average molecular weight is 383 g/mol. The topological polar surface area (TPSA) is 96.8 Å². The van der Waals surface area contributed by atoms with Gasteiger partial charge in [0.25, 0.3) is 0 Å². The van der Waals surface area contributed by atoms with Crippen molar-refractivity contribution in [2.24, 2.45) is 0 Å². The Balaban J connectivity index is 1.46.